The molecule has 100 valence electrons. The fraction of sp³-hybridized carbons (Fsp3) is 0.929. The summed E-state index contributed by atoms with van der Waals surface area (Å²) >= 11 is 0. The summed E-state index contributed by atoms with van der Waals surface area (Å²) in [5.74, 6) is 1.36. The molecule has 1 aliphatic carbocycles. The van der Waals surface area contributed by atoms with Gasteiger partial charge in [0.05, 0.1) is 0 Å². The summed E-state index contributed by atoms with van der Waals surface area (Å²) in [5, 5.41) is 0. The molecule has 1 aliphatic rings. The number of carbonyl (C=O) groups excluding carboxylic acids is 1. The fourth-order valence-corrected chi connectivity index (χ4v) is 2.80. The first kappa shape index (κ1) is 14.5. The minimum absolute atomic E-state index is 0.119. The SMILES string of the molecule is CCN(C(=O)C(C)C(C)C)C1CCCC1CN. The molecule has 2 N–H and O–H groups in total. The molecule has 0 spiro atoms. The molecule has 0 heterocycles. The maximum Gasteiger partial charge on any atom is 0.225 e. The van der Waals surface area contributed by atoms with Gasteiger partial charge >= 0.3 is 0 Å². The third-order valence-electron chi connectivity index (χ3n) is 4.34. The lowest BCUT2D eigenvalue weighted by Crippen LogP contribution is -2.47. The van der Waals surface area contributed by atoms with Crippen LogP contribution in [0.15, 0.2) is 0 Å². The first-order valence-electron chi connectivity index (χ1n) is 7.03. The molecule has 1 amide bonds. The Kier molecular flexibility index (Phi) is 5.44. The van der Waals surface area contributed by atoms with Gasteiger partial charge in [0.1, 0.15) is 0 Å². The molecule has 3 heteroatoms. The first-order valence-corrected chi connectivity index (χ1v) is 7.03. The van der Waals surface area contributed by atoms with E-state index in [0.29, 0.717) is 30.3 Å². The van der Waals surface area contributed by atoms with Crippen molar-refractivity contribution in [2.75, 3.05) is 13.1 Å². The van der Waals surface area contributed by atoms with Crippen molar-refractivity contribution in [2.24, 2.45) is 23.5 Å². The second-order valence-corrected chi connectivity index (χ2v) is 5.65. The monoisotopic (exact) mass is 240 g/mol. The normalized spacial score (nSPS) is 26.2. The molecule has 0 saturated heterocycles. The highest BCUT2D eigenvalue weighted by atomic mass is 16.2. The van der Waals surface area contributed by atoms with E-state index < -0.39 is 0 Å². The highest BCUT2D eigenvalue weighted by Gasteiger charge is 2.34. The molecule has 3 atom stereocenters. The Morgan fingerprint density at radius 1 is 1.35 bits per heavy atom. The average molecular weight is 240 g/mol. The highest BCUT2D eigenvalue weighted by molar-refractivity contribution is 5.79. The Labute approximate surface area is 106 Å². The molecular formula is C14H28N2O. The Morgan fingerprint density at radius 3 is 2.47 bits per heavy atom. The van der Waals surface area contributed by atoms with Crippen molar-refractivity contribution in [1.82, 2.24) is 4.90 Å². The van der Waals surface area contributed by atoms with Gasteiger partial charge < -0.3 is 10.6 Å². The van der Waals surface area contributed by atoms with Gasteiger partial charge in [-0.05, 0) is 38.1 Å². The third-order valence-corrected chi connectivity index (χ3v) is 4.34. The fourth-order valence-electron chi connectivity index (χ4n) is 2.80. The van der Waals surface area contributed by atoms with Crippen LogP contribution >= 0.6 is 0 Å². The van der Waals surface area contributed by atoms with Crippen LogP contribution in [0.5, 0.6) is 0 Å². The van der Waals surface area contributed by atoms with Gasteiger partial charge in [-0.15, -0.1) is 0 Å². The number of hydrogen-bond acceptors (Lipinski definition) is 2. The molecule has 1 rings (SSSR count). The summed E-state index contributed by atoms with van der Waals surface area (Å²) in [6.45, 7) is 9.89. The predicted molar refractivity (Wildman–Crippen MR) is 71.6 cm³/mol. The lowest BCUT2D eigenvalue weighted by molar-refractivity contribution is -0.139. The highest BCUT2D eigenvalue weighted by Crippen LogP contribution is 2.30. The third kappa shape index (κ3) is 3.21. The quantitative estimate of drug-likeness (QED) is 0.801. The molecule has 0 radical (unpaired) electrons. The lowest BCUT2D eigenvalue weighted by atomic mass is 9.94. The molecule has 0 aromatic rings. The molecule has 0 aromatic carbocycles. The molecule has 1 saturated carbocycles. The maximum atomic E-state index is 12.4. The maximum absolute atomic E-state index is 12.4. The van der Waals surface area contributed by atoms with E-state index in [9.17, 15) is 4.79 Å². The van der Waals surface area contributed by atoms with Crippen molar-refractivity contribution in [3.63, 3.8) is 0 Å². The van der Waals surface area contributed by atoms with E-state index >= 15 is 0 Å². The van der Waals surface area contributed by atoms with E-state index in [-0.39, 0.29) is 5.92 Å². The summed E-state index contributed by atoms with van der Waals surface area (Å²) in [5.41, 5.74) is 5.81. The smallest absolute Gasteiger partial charge is 0.225 e. The summed E-state index contributed by atoms with van der Waals surface area (Å²) in [4.78, 5) is 14.5. The Bertz CT molecular complexity index is 253. The van der Waals surface area contributed by atoms with Gasteiger partial charge in [-0.1, -0.05) is 27.2 Å². The van der Waals surface area contributed by atoms with E-state index in [1.807, 2.05) is 6.92 Å². The van der Waals surface area contributed by atoms with Gasteiger partial charge in [-0.2, -0.15) is 0 Å². The minimum Gasteiger partial charge on any atom is -0.339 e. The molecule has 17 heavy (non-hydrogen) atoms. The van der Waals surface area contributed by atoms with Crippen molar-refractivity contribution in [3.05, 3.63) is 0 Å². The lowest BCUT2D eigenvalue weighted by Gasteiger charge is -2.34. The van der Waals surface area contributed by atoms with Crippen molar-refractivity contribution < 1.29 is 4.79 Å². The topological polar surface area (TPSA) is 46.3 Å². The van der Waals surface area contributed by atoms with E-state index in [1.54, 1.807) is 0 Å². The number of amides is 1. The average Bonchev–Trinajstić information content (AvgIpc) is 2.76. The number of hydrogen-bond donors (Lipinski definition) is 1. The van der Waals surface area contributed by atoms with Crippen LogP contribution in [0.4, 0.5) is 0 Å². The van der Waals surface area contributed by atoms with E-state index in [1.165, 1.54) is 12.8 Å². The van der Waals surface area contributed by atoms with Crippen LogP contribution in [0.2, 0.25) is 0 Å². The zero-order chi connectivity index (χ0) is 13.0. The van der Waals surface area contributed by atoms with Gasteiger partial charge in [-0.25, -0.2) is 0 Å². The van der Waals surface area contributed by atoms with Crippen LogP contribution in [-0.4, -0.2) is 29.9 Å². The zero-order valence-corrected chi connectivity index (χ0v) is 11.8. The Hall–Kier alpha value is -0.570. The van der Waals surface area contributed by atoms with Crippen LogP contribution in [0.1, 0.15) is 47.0 Å². The number of nitrogens with zero attached hydrogens (tertiary/aromatic N) is 1. The van der Waals surface area contributed by atoms with E-state index in [4.69, 9.17) is 5.73 Å². The zero-order valence-electron chi connectivity index (χ0n) is 11.8. The predicted octanol–water partition coefficient (Wildman–Crippen LogP) is 2.25. The largest absolute Gasteiger partial charge is 0.339 e. The Balaban J connectivity index is 2.73. The van der Waals surface area contributed by atoms with Crippen LogP contribution in [0, 0.1) is 17.8 Å². The van der Waals surface area contributed by atoms with Crippen molar-refractivity contribution in [2.45, 2.75) is 53.0 Å². The second-order valence-electron chi connectivity index (χ2n) is 5.65. The van der Waals surface area contributed by atoms with Crippen molar-refractivity contribution in [1.29, 1.82) is 0 Å². The van der Waals surface area contributed by atoms with Gasteiger partial charge in [0.25, 0.3) is 0 Å². The number of carbonyl (C=O) groups is 1. The summed E-state index contributed by atoms with van der Waals surface area (Å²) in [7, 11) is 0. The minimum atomic E-state index is 0.119. The number of rotatable bonds is 5. The second kappa shape index (κ2) is 6.39. The molecule has 0 aromatic heterocycles. The molecule has 0 bridgehead atoms. The molecule has 1 fully saturated rings. The summed E-state index contributed by atoms with van der Waals surface area (Å²) in [6, 6.07) is 0.388. The molecule has 0 aliphatic heterocycles. The van der Waals surface area contributed by atoms with Crippen LogP contribution in [0.3, 0.4) is 0 Å². The van der Waals surface area contributed by atoms with E-state index in [0.717, 1.165) is 13.0 Å². The summed E-state index contributed by atoms with van der Waals surface area (Å²) < 4.78 is 0. The van der Waals surface area contributed by atoms with Crippen LogP contribution in [-0.2, 0) is 4.79 Å². The Morgan fingerprint density at radius 2 is 2.00 bits per heavy atom. The van der Waals surface area contributed by atoms with E-state index in [2.05, 4.69) is 25.7 Å². The molecule has 3 unspecified atom stereocenters. The van der Waals surface area contributed by atoms with Crippen molar-refractivity contribution in [3.8, 4) is 0 Å². The van der Waals surface area contributed by atoms with Gasteiger partial charge in [0.2, 0.25) is 5.91 Å². The van der Waals surface area contributed by atoms with Crippen LogP contribution < -0.4 is 5.73 Å². The molecule has 3 nitrogen and oxygen atoms in total. The summed E-state index contributed by atoms with van der Waals surface area (Å²) in [6.07, 6.45) is 3.53. The number of nitrogens with two attached hydrogens (primary N) is 1. The van der Waals surface area contributed by atoms with Gasteiger partial charge in [-0.3, -0.25) is 4.79 Å². The first-order chi connectivity index (χ1) is 8.02. The van der Waals surface area contributed by atoms with Crippen LogP contribution in [0.25, 0.3) is 0 Å². The van der Waals surface area contributed by atoms with Gasteiger partial charge in [0, 0.05) is 18.5 Å². The molecular weight excluding hydrogens is 212 g/mol. The standard InChI is InChI=1S/C14H28N2O/c1-5-16(14(17)11(4)10(2)3)13-8-6-7-12(13)9-15/h10-13H,5-9,15H2,1-4H3. The van der Waals surface area contributed by atoms with Gasteiger partial charge in [0.15, 0.2) is 0 Å². The van der Waals surface area contributed by atoms with Crippen molar-refractivity contribution >= 4 is 5.91 Å².